The van der Waals surface area contributed by atoms with Gasteiger partial charge in [-0.05, 0) is 31.9 Å². The Bertz CT molecular complexity index is 398. The van der Waals surface area contributed by atoms with E-state index >= 15 is 0 Å². The summed E-state index contributed by atoms with van der Waals surface area (Å²) in [6, 6.07) is 10.9. The molecule has 1 saturated heterocycles. The average molecular weight is 260 g/mol. The molecule has 0 aromatic heterocycles. The topological polar surface area (TPSA) is 41.1 Å². The Kier molecular flexibility index (Phi) is 4.97. The molecule has 3 atom stereocenters. The molecule has 1 aromatic carbocycles. The van der Waals surface area contributed by atoms with Crippen LogP contribution in [0.5, 0.6) is 0 Å². The molecule has 0 radical (unpaired) electrons. The minimum absolute atomic E-state index is 0.162. The summed E-state index contributed by atoms with van der Waals surface area (Å²) < 4.78 is 0. The Hall–Kier alpha value is -1.35. The maximum Gasteiger partial charge on any atom is 0.221 e. The van der Waals surface area contributed by atoms with Gasteiger partial charge in [-0.15, -0.1) is 0 Å². The first-order chi connectivity index (χ1) is 9.16. The van der Waals surface area contributed by atoms with Crippen LogP contribution >= 0.6 is 0 Å². The van der Waals surface area contributed by atoms with Gasteiger partial charge in [0.1, 0.15) is 0 Å². The number of amides is 1. The van der Waals surface area contributed by atoms with E-state index in [0.29, 0.717) is 18.4 Å². The summed E-state index contributed by atoms with van der Waals surface area (Å²) in [4.78, 5) is 12.0. The van der Waals surface area contributed by atoms with Gasteiger partial charge in [0.2, 0.25) is 5.91 Å². The van der Waals surface area contributed by atoms with E-state index in [1.54, 1.807) is 0 Å². The molecule has 3 nitrogen and oxygen atoms in total. The highest BCUT2D eigenvalue weighted by Crippen LogP contribution is 2.18. The molecule has 3 heteroatoms. The molecule has 0 saturated carbocycles. The van der Waals surface area contributed by atoms with E-state index in [1.807, 2.05) is 18.2 Å². The molecule has 0 aliphatic carbocycles. The zero-order chi connectivity index (χ0) is 13.7. The number of hydrogen-bond acceptors (Lipinski definition) is 2. The molecular formula is C16H24N2O. The smallest absolute Gasteiger partial charge is 0.221 e. The first-order valence-electron chi connectivity index (χ1n) is 7.24. The lowest BCUT2D eigenvalue weighted by molar-refractivity contribution is -0.122. The fourth-order valence-corrected chi connectivity index (χ4v) is 2.64. The van der Waals surface area contributed by atoms with Crippen LogP contribution < -0.4 is 10.6 Å². The van der Waals surface area contributed by atoms with E-state index in [9.17, 15) is 4.79 Å². The Morgan fingerprint density at radius 1 is 1.37 bits per heavy atom. The molecule has 1 amide bonds. The van der Waals surface area contributed by atoms with Crippen LogP contribution in [-0.4, -0.2) is 24.5 Å². The highest BCUT2D eigenvalue weighted by atomic mass is 16.1. The third-order valence-electron chi connectivity index (χ3n) is 4.06. The number of carbonyl (C=O) groups excluding carboxylic acids is 1. The molecule has 2 rings (SSSR count). The molecular weight excluding hydrogens is 236 g/mol. The normalized spacial score (nSPS) is 21.9. The summed E-state index contributed by atoms with van der Waals surface area (Å²) in [5.74, 6) is 0.497. The zero-order valence-electron chi connectivity index (χ0n) is 11.9. The lowest BCUT2D eigenvalue weighted by atomic mass is 9.94. The SMILES string of the molecule is CC(NC(=O)CC1CCCN1)C(C)c1ccccc1. The van der Waals surface area contributed by atoms with Crippen molar-refractivity contribution < 1.29 is 4.79 Å². The minimum atomic E-state index is 0.162. The Balaban J connectivity index is 1.82. The van der Waals surface area contributed by atoms with Gasteiger partial charge in [-0.25, -0.2) is 0 Å². The lowest BCUT2D eigenvalue weighted by Gasteiger charge is -2.22. The largest absolute Gasteiger partial charge is 0.353 e. The highest BCUT2D eigenvalue weighted by Gasteiger charge is 2.20. The van der Waals surface area contributed by atoms with Gasteiger partial charge in [0, 0.05) is 24.4 Å². The number of rotatable bonds is 5. The maximum absolute atomic E-state index is 12.0. The van der Waals surface area contributed by atoms with Crippen molar-refractivity contribution in [3.63, 3.8) is 0 Å². The van der Waals surface area contributed by atoms with Crippen molar-refractivity contribution in [3.8, 4) is 0 Å². The summed E-state index contributed by atoms with van der Waals surface area (Å²) in [5, 5.41) is 6.49. The van der Waals surface area contributed by atoms with Crippen molar-refractivity contribution in [2.24, 2.45) is 0 Å². The molecule has 19 heavy (non-hydrogen) atoms. The van der Waals surface area contributed by atoms with Gasteiger partial charge in [-0.1, -0.05) is 37.3 Å². The molecule has 0 bridgehead atoms. The summed E-state index contributed by atoms with van der Waals surface area (Å²) in [7, 11) is 0. The molecule has 1 aliphatic rings. The summed E-state index contributed by atoms with van der Waals surface area (Å²) in [5.41, 5.74) is 1.27. The van der Waals surface area contributed by atoms with Crippen LogP contribution in [0.1, 0.15) is 44.6 Å². The number of nitrogens with one attached hydrogen (secondary N) is 2. The van der Waals surface area contributed by atoms with Gasteiger partial charge < -0.3 is 10.6 Å². The van der Waals surface area contributed by atoms with Crippen molar-refractivity contribution in [3.05, 3.63) is 35.9 Å². The van der Waals surface area contributed by atoms with Gasteiger partial charge >= 0.3 is 0 Å². The fourth-order valence-electron chi connectivity index (χ4n) is 2.64. The molecule has 104 valence electrons. The average Bonchev–Trinajstić information content (AvgIpc) is 2.91. The van der Waals surface area contributed by atoms with E-state index in [0.717, 1.165) is 13.0 Å². The number of hydrogen-bond donors (Lipinski definition) is 2. The lowest BCUT2D eigenvalue weighted by Crippen LogP contribution is -2.39. The molecule has 0 spiro atoms. The second-order valence-corrected chi connectivity index (χ2v) is 5.55. The number of benzene rings is 1. The Labute approximate surface area is 115 Å². The van der Waals surface area contributed by atoms with Gasteiger partial charge in [0.15, 0.2) is 0 Å². The predicted molar refractivity (Wildman–Crippen MR) is 78.1 cm³/mol. The second-order valence-electron chi connectivity index (χ2n) is 5.55. The molecule has 1 heterocycles. The van der Waals surface area contributed by atoms with E-state index in [1.165, 1.54) is 12.0 Å². The fraction of sp³-hybridized carbons (Fsp3) is 0.562. The monoisotopic (exact) mass is 260 g/mol. The van der Waals surface area contributed by atoms with Crippen LogP contribution in [0.25, 0.3) is 0 Å². The van der Waals surface area contributed by atoms with Crippen LogP contribution in [0.3, 0.4) is 0 Å². The first-order valence-corrected chi connectivity index (χ1v) is 7.24. The molecule has 3 unspecified atom stereocenters. The van der Waals surface area contributed by atoms with Crippen molar-refractivity contribution in [2.45, 2.75) is 51.1 Å². The van der Waals surface area contributed by atoms with Crippen LogP contribution in [0, 0.1) is 0 Å². The van der Waals surface area contributed by atoms with Gasteiger partial charge in [0.05, 0.1) is 0 Å². The first kappa shape index (κ1) is 14.1. The van der Waals surface area contributed by atoms with Crippen molar-refractivity contribution in [1.29, 1.82) is 0 Å². The number of carbonyl (C=O) groups is 1. The standard InChI is InChI=1S/C16H24N2O/c1-12(14-7-4-3-5-8-14)13(2)18-16(19)11-15-9-6-10-17-15/h3-5,7-8,12-13,15,17H,6,9-11H2,1-2H3,(H,18,19). The summed E-state index contributed by atoms with van der Waals surface area (Å²) in [6.07, 6.45) is 2.91. The molecule has 2 N–H and O–H groups in total. The highest BCUT2D eigenvalue weighted by molar-refractivity contribution is 5.77. The third kappa shape index (κ3) is 4.06. The Morgan fingerprint density at radius 2 is 2.11 bits per heavy atom. The van der Waals surface area contributed by atoms with E-state index in [2.05, 4.69) is 36.6 Å². The summed E-state index contributed by atoms with van der Waals surface area (Å²) in [6.45, 7) is 5.29. The van der Waals surface area contributed by atoms with Crippen LogP contribution in [-0.2, 0) is 4.79 Å². The van der Waals surface area contributed by atoms with Crippen LogP contribution in [0.15, 0.2) is 30.3 Å². The van der Waals surface area contributed by atoms with E-state index < -0.39 is 0 Å². The van der Waals surface area contributed by atoms with Gasteiger partial charge in [0.25, 0.3) is 0 Å². The van der Waals surface area contributed by atoms with E-state index in [-0.39, 0.29) is 11.9 Å². The van der Waals surface area contributed by atoms with Gasteiger partial charge in [-0.2, -0.15) is 0 Å². The summed E-state index contributed by atoms with van der Waals surface area (Å²) >= 11 is 0. The van der Waals surface area contributed by atoms with Crippen molar-refractivity contribution >= 4 is 5.91 Å². The van der Waals surface area contributed by atoms with Crippen LogP contribution in [0.2, 0.25) is 0 Å². The van der Waals surface area contributed by atoms with Crippen molar-refractivity contribution in [1.82, 2.24) is 10.6 Å². The van der Waals surface area contributed by atoms with Crippen molar-refractivity contribution in [2.75, 3.05) is 6.54 Å². The second kappa shape index (κ2) is 6.71. The quantitative estimate of drug-likeness (QED) is 0.853. The van der Waals surface area contributed by atoms with Gasteiger partial charge in [-0.3, -0.25) is 4.79 Å². The molecule has 1 aliphatic heterocycles. The Morgan fingerprint density at radius 3 is 2.74 bits per heavy atom. The third-order valence-corrected chi connectivity index (χ3v) is 4.06. The predicted octanol–water partition coefficient (Wildman–Crippen LogP) is 2.44. The molecule has 1 fully saturated rings. The maximum atomic E-state index is 12.0. The zero-order valence-corrected chi connectivity index (χ0v) is 11.9. The molecule has 1 aromatic rings. The van der Waals surface area contributed by atoms with E-state index in [4.69, 9.17) is 0 Å². The van der Waals surface area contributed by atoms with Crippen LogP contribution in [0.4, 0.5) is 0 Å². The minimum Gasteiger partial charge on any atom is -0.353 e.